The fraction of sp³-hybridized carbons (Fsp3) is 0.143. The third-order valence-corrected chi connectivity index (χ3v) is 5.99. The summed E-state index contributed by atoms with van der Waals surface area (Å²) in [5, 5.41) is 7.94. The van der Waals surface area contributed by atoms with Gasteiger partial charge in [-0.25, -0.2) is 14.1 Å². The van der Waals surface area contributed by atoms with Crippen LogP contribution in [0.4, 0.5) is 20.6 Å². The Morgan fingerprint density at radius 2 is 1.77 bits per heavy atom. The zero-order chi connectivity index (χ0) is 27.9. The summed E-state index contributed by atoms with van der Waals surface area (Å²) >= 11 is 6.28. The number of benzene rings is 3. The van der Waals surface area contributed by atoms with Crippen molar-refractivity contribution in [1.82, 2.24) is 10.2 Å². The maximum absolute atomic E-state index is 13.0. The first kappa shape index (κ1) is 27.3. The van der Waals surface area contributed by atoms with Gasteiger partial charge in [0, 0.05) is 11.4 Å². The molecule has 3 aromatic rings. The van der Waals surface area contributed by atoms with Crippen LogP contribution in [0.15, 0.2) is 72.4 Å². The standard InChI is InChI=1S/C28H24ClFN4O5/c1-2-18-5-3-4-6-22(18)32-25(35)15-34-27(37)23(33-28(34)38)14-17-7-12-24(21(29)13-17)39-16-26(36)31-20-10-8-19(30)9-11-20/h3-14H,2,15-16H2,1H3,(H,31,36)(H,32,35)(H,33,38)/b23-14+. The van der Waals surface area contributed by atoms with Gasteiger partial charge in [-0.05, 0) is 66.1 Å². The summed E-state index contributed by atoms with van der Waals surface area (Å²) in [6.45, 7) is 1.16. The predicted octanol–water partition coefficient (Wildman–Crippen LogP) is 4.59. The van der Waals surface area contributed by atoms with Crippen LogP contribution in [0.1, 0.15) is 18.1 Å². The van der Waals surface area contributed by atoms with Gasteiger partial charge in [0.25, 0.3) is 11.8 Å². The molecule has 1 heterocycles. The minimum absolute atomic E-state index is 0.0230. The van der Waals surface area contributed by atoms with Gasteiger partial charge in [-0.3, -0.25) is 14.4 Å². The smallest absolute Gasteiger partial charge is 0.329 e. The Labute approximate surface area is 228 Å². The summed E-state index contributed by atoms with van der Waals surface area (Å²) in [4.78, 5) is 50.6. The molecule has 0 aromatic heterocycles. The Hall–Kier alpha value is -4.70. The zero-order valence-electron chi connectivity index (χ0n) is 20.8. The van der Waals surface area contributed by atoms with Crippen LogP contribution in [0.2, 0.25) is 5.02 Å². The molecule has 11 heteroatoms. The van der Waals surface area contributed by atoms with E-state index < -0.39 is 36.1 Å². The highest BCUT2D eigenvalue weighted by Gasteiger charge is 2.35. The van der Waals surface area contributed by atoms with E-state index in [1.165, 1.54) is 42.5 Å². The predicted molar refractivity (Wildman–Crippen MR) is 145 cm³/mol. The molecule has 9 nitrogen and oxygen atoms in total. The summed E-state index contributed by atoms with van der Waals surface area (Å²) in [6, 6.07) is 16.4. The molecule has 39 heavy (non-hydrogen) atoms. The van der Waals surface area contributed by atoms with Gasteiger partial charge < -0.3 is 20.7 Å². The first-order chi connectivity index (χ1) is 18.7. The topological polar surface area (TPSA) is 117 Å². The Kier molecular flexibility index (Phi) is 8.57. The maximum atomic E-state index is 13.0. The number of imide groups is 1. The molecule has 0 aliphatic carbocycles. The first-order valence-electron chi connectivity index (χ1n) is 11.9. The molecular formula is C28H24ClFN4O5. The average molecular weight is 551 g/mol. The number of ether oxygens (including phenoxy) is 1. The fourth-order valence-corrected chi connectivity index (χ4v) is 4.01. The molecule has 0 bridgehead atoms. The Morgan fingerprint density at radius 1 is 1.03 bits per heavy atom. The number of rotatable bonds is 9. The third kappa shape index (κ3) is 6.99. The van der Waals surface area contributed by atoms with E-state index in [0.717, 1.165) is 10.5 Å². The zero-order valence-corrected chi connectivity index (χ0v) is 21.5. The minimum Gasteiger partial charge on any atom is -0.482 e. The number of aryl methyl sites for hydroxylation is 1. The maximum Gasteiger partial charge on any atom is 0.329 e. The van der Waals surface area contributed by atoms with Crippen molar-refractivity contribution < 1.29 is 28.3 Å². The number of carbonyl (C=O) groups is 4. The van der Waals surface area contributed by atoms with Crippen LogP contribution in [-0.4, -0.2) is 41.8 Å². The summed E-state index contributed by atoms with van der Waals surface area (Å²) in [5.74, 6) is -1.83. The second-order valence-corrected chi connectivity index (χ2v) is 8.88. The fourth-order valence-electron chi connectivity index (χ4n) is 3.76. The van der Waals surface area contributed by atoms with E-state index in [4.69, 9.17) is 16.3 Å². The molecule has 0 saturated carbocycles. The molecule has 200 valence electrons. The Bertz CT molecular complexity index is 1460. The molecular weight excluding hydrogens is 527 g/mol. The minimum atomic E-state index is -0.719. The number of carbonyl (C=O) groups excluding carboxylic acids is 4. The molecule has 1 saturated heterocycles. The van der Waals surface area contributed by atoms with Gasteiger partial charge >= 0.3 is 6.03 Å². The number of nitrogens with zero attached hydrogens (tertiary/aromatic N) is 1. The van der Waals surface area contributed by atoms with E-state index >= 15 is 0 Å². The Morgan fingerprint density at radius 3 is 2.49 bits per heavy atom. The molecule has 3 N–H and O–H groups in total. The molecule has 0 unspecified atom stereocenters. The van der Waals surface area contributed by atoms with Crippen molar-refractivity contribution in [2.24, 2.45) is 0 Å². The molecule has 1 fully saturated rings. The van der Waals surface area contributed by atoms with Crippen molar-refractivity contribution in [3.05, 3.63) is 94.4 Å². The summed E-state index contributed by atoms with van der Waals surface area (Å²) < 4.78 is 18.4. The van der Waals surface area contributed by atoms with Gasteiger partial charge in [0.1, 0.15) is 23.8 Å². The molecule has 1 aliphatic heterocycles. The highest BCUT2D eigenvalue weighted by molar-refractivity contribution is 6.32. The molecule has 1 aliphatic rings. The van der Waals surface area contributed by atoms with Gasteiger partial charge in [-0.2, -0.15) is 0 Å². The quantitative estimate of drug-likeness (QED) is 0.266. The van der Waals surface area contributed by atoms with Crippen molar-refractivity contribution in [2.45, 2.75) is 13.3 Å². The second-order valence-electron chi connectivity index (χ2n) is 8.47. The lowest BCUT2D eigenvalue weighted by molar-refractivity contribution is -0.127. The van der Waals surface area contributed by atoms with Crippen LogP contribution < -0.4 is 20.7 Å². The van der Waals surface area contributed by atoms with E-state index in [2.05, 4.69) is 16.0 Å². The summed E-state index contributed by atoms with van der Waals surface area (Å²) in [5.41, 5.74) is 2.43. The van der Waals surface area contributed by atoms with Crippen molar-refractivity contribution >= 4 is 52.8 Å². The first-order valence-corrected chi connectivity index (χ1v) is 12.3. The normalized spacial score (nSPS) is 13.8. The number of amides is 5. The van der Waals surface area contributed by atoms with E-state index in [-0.39, 0.29) is 23.1 Å². The monoisotopic (exact) mass is 550 g/mol. The molecule has 5 amide bonds. The molecule has 0 spiro atoms. The number of halogens is 2. The van der Waals surface area contributed by atoms with Gasteiger partial charge in [0.15, 0.2) is 6.61 Å². The lowest BCUT2D eigenvalue weighted by Crippen LogP contribution is -2.38. The van der Waals surface area contributed by atoms with Crippen molar-refractivity contribution in [3.8, 4) is 5.75 Å². The number of urea groups is 1. The lowest BCUT2D eigenvalue weighted by Gasteiger charge is -2.13. The van der Waals surface area contributed by atoms with Crippen LogP contribution in [0, 0.1) is 5.82 Å². The highest BCUT2D eigenvalue weighted by atomic mass is 35.5. The molecule has 4 rings (SSSR count). The number of para-hydroxylation sites is 1. The largest absolute Gasteiger partial charge is 0.482 e. The number of hydrogen-bond donors (Lipinski definition) is 3. The van der Waals surface area contributed by atoms with E-state index in [9.17, 15) is 23.6 Å². The van der Waals surface area contributed by atoms with Crippen molar-refractivity contribution in [2.75, 3.05) is 23.8 Å². The summed E-state index contributed by atoms with van der Waals surface area (Å²) in [7, 11) is 0. The Balaban J connectivity index is 1.35. The lowest BCUT2D eigenvalue weighted by atomic mass is 10.1. The summed E-state index contributed by atoms with van der Waals surface area (Å²) in [6.07, 6.45) is 2.13. The van der Waals surface area contributed by atoms with Crippen LogP contribution >= 0.6 is 11.6 Å². The van der Waals surface area contributed by atoms with Crippen molar-refractivity contribution in [1.29, 1.82) is 0 Å². The molecule has 0 atom stereocenters. The van der Waals surface area contributed by atoms with Gasteiger partial charge in [-0.1, -0.05) is 42.8 Å². The van der Waals surface area contributed by atoms with E-state index in [1.807, 2.05) is 19.1 Å². The van der Waals surface area contributed by atoms with Gasteiger partial charge in [-0.15, -0.1) is 0 Å². The van der Waals surface area contributed by atoms with Crippen LogP contribution in [0.5, 0.6) is 5.75 Å². The highest BCUT2D eigenvalue weighted by Crippen LogP contribution is 2.27. The van der Waals surface area contributed by atoms with Crippen LogP contribution in [-0.2, 0) is 20.8 Å². The van der Waals surface area contributed by atoms with Crippen molar-refractivity contribution in [3.63, 3.8) is 0 Å². The molecule has 0 radical (unpaired) electrons. The van der Waals surface area contributed by atoms with Crippen LogP contribution in [0.25, 0.3) is 6.08 Å². The van der Waals surface area contributed by atoms with Crippen LogP contribution in [0.3, 0.4) is 0 Å². The van der Waals surface area contributed by atoms with Gasteiger partial charge in [0.05, 0.1) is 5.02 Å². The second kappa shape index (κ2) is 12.2. The number of hydrogen-bond acceptors (Lipinski definition) is 5. The van der Waals surface area contributed by atoms with Gasteiger partial charge in [0.2, 0.25) is 5.91 Å². The van der Waals surface area contributed by atoms with E-state index in [0.29, 0.717) is 23.4 Å². The third-order valence-electron chi connectivity index (χ3n) is 5.69. The van der Waals surface area contributed by atoms with E-state index in [1.54, 1.807) is 18.2 Å². The number of nitrogens with one attached hydrogen (secondary N) is 3. The SMILES string of the molecule is CCc1ccccc1NC(=O)CN1C(=O)N/C(=C/c2ccc(OCC(=O)Nc3ccc(F)cc3)c(Cl)c2)C1=O. The molecule has 3 aromatic carbocycles. The average Bonchev–Trinajstić information content (AvgIpc) is 3.17. The number of anilines is 2.